The van der Waals surface area contributed by atoms with E-state index in [1.807, 2.05) is 0 Å². The third-order valence-corrected chi connectivity index (χ3v) is 0. The van der Waals surface area contributed by atoms with Gasteiger partial charge in [-0.3, -0.25) is 0 Å². The Morgan fingerprint density at radius 1 is 1.25 bits per heavy atom. The zero-order valence-electron chi connectivity index (χ0n) is 3.78. The van der Waals surface area contributed by atoms with Crippen molar-refractivity contribution >= 4 is 9.90 Å². The van der Waals surface area contributed by atoms with Crippen LogP contribution in [0.2, 0.25) is 0 Å². The van der Waals surface area contributed by atoms with Gasteiger partial charge < -0.3 is 1.43 Å². The fourth-order valence-corrected chi connectivity index (χ4v) is 0. The van der Waals surface area contributed by atoms with E-state index in [1.165, 1.54) is 0 Å². The van der Waals surface area contributed by atoms with Gasteiger partial charge in [0.05, 0.1) is 0 Å². The Morgan fingerprint density at radius 2 is 1.25 bits per heavy atom. The van der Waals surface area contributed by atoms with Crippen molar-refractivity contribution in [1.29, 1.82) is 0 Å². The second-order valence-electron chi connectivity index (χ2n) is 0. The van der Waals surface area contributed by atoms with Crippen molar-refractivity contribution in [2.24, 2.45) is 0 Å². The van der Waals surface area contributed by atoms with E-state index in [0.29, 0.717) is 0 Å². The summed E-state index contributed by atoms with van der Waals surface area (Å²) in [7, 11) is 0. The third-order valence-electron chi connectivity index (χ3n) is 0. The van der Waals surface area contributed by atoms with Gasteiger partial charge in [-0.1, -0.05) is 0 Å². The number of rotatable bonds is 0. The SMILES string of the molecule is P.[H-].[La].[Li+].[Ti]. The molecule has 0 saturated heterocycles. The van der Waals surface area contributed by atoms with E-state index in [1.54, 1.807) is 0 Å². The fraction of sp³-hybridized carbons (Fsp3) is 0. The van der Waals surface area contributed by atoms with Crippen LogP contribution in [0.1, 0.15) is 1.43 Å². The molecule has 1 atom stereocenters. The molecule has 0 aliphatic carbocycles. The molecule has 0 rings (SSSR count). The molecule has 0 fully saturated rings. The summed E-state index contributed by atoms with van der Waals surface area (Å²) in [4.78, 5) is 0. The molecule has 1 unspecified atom stereocenters. The monoisotopic (exact) mass is 229 g/mol. The van der Waals surface area contributed by atoms with Gasteiger partial charge in [0.15, 0.2) is 0 Å². The first kappa shape index (κ1) is 28.3. The summed E-state index contributed by atoms with van der Waals surface area (Å²) in [6.07, 6.45) is 0. The zero-order chi connectivity index (χ0) is 0. The van der Waals surface area contributed by atoms with Crippen molar-refractivity contribution in [2.75, 3.05) is 0 Å². The molecule has 0 aliphatic heterocycles. The molecule has 0 aromatic heterocycles. The molecule has 17 valence electrons. The summed E-state index contributed by atoms with van der Waals surface area (Å²) < 4.78 is 0. The molecule has 0 nitrogen and oxygen atoms in total. The minimum absolute atomic E-state index is 0. The Labute approximate surface area is 86.0 Å². The maximum Gasteiger partial charge on any atom is 1.00 e. The normalized spacial score (nSPS) is 0. The molecule has 0 aromatic carbocycles. The minimum atomic E-state index is 0. The molecule has 0 heterocycles. The maximum absolute atomic E-state index is 0. The minimum Gasteiger partial charge on any atom is -1.00 e. The Kier molecular flexibility index (Phi) is 119. The van der Waals surface area contributed by atoms with Crippen LogP contribution in [-0.4, -0.2) is 0 Å². The molecule has 0 amide bonds. The van der Waals surface area contributed by atoms with Gasteiger partial charge in [-0.05, 0) is 0 Å². The van der Waals surface area contributed by atoms with Crippen LogP contribution in [0.25, 0.3) is 0 Å². The average Bonchev–Trinajstić information content (AvgIpc) is 0. The van der Waals surface area contributed by atoms with Crippen LogP contribution in [-0.2, 0) is 21.7 Å². The van der Waals surface area contributed by atoms with Gasteiger partial charge in [-0.2, -0.15) is 9.90 Å². The molecule has 0 aromatic rings. The predicted molar refractivity (Wildman–Crippen MR) is 12.2 cm³/mol. The number of hydrogen-bond donors (Lipinski definition) is 0. The molecule has 0 spiro atoms. The van der Waals surface area contributed by atoms with Crippen LogP contribution in [0.3, 0.4) is 0 Å². The van der Waals surface area contributed by atoms with Gasteiger partial charge in [0, 0.05) is 57.3 Å². The second-order valence-corrected chi connectivity index (χ2v) is 0. The third kappa shape index (κ3) is 8.87. The molecule has 0 N–H and O–H groups in total. The molecular formula is H4LaLiPTi. The van der Waals surface area contributed by atoms with E-state index in [9.17, 15) is 0 Å². The van der Waals surface area contributed by atoms with Gasteiger partial charge in [-0.15, -0.1) is 0 Å². The Morgan fingerprint density at radius 3 is 1.25 bits per heavy atom. The first-order valence-corrected chi connectivity index (χ1v) is 0. The summed E-state index contributed by atoms with van der Waals surface area (Å²) in [5, 5.41) is 0. The van der Waals surface area contributed by atoms with E-state index in [0.717, 1.165) is 0 Å². The van der Waals surface area contributed by atoms with E-state index >= 15 is 0 Å². The topological polar surface area (TPSA) is 0 Å². The van der Waals surface area contributed by atoms with Crippen LogP contribution in [0.15, 0.2) is 0 Å². The summed E-state index contributed by atoms with van der Waals surface area (Å²) in [5.41, 5.74) is 0. The standard InChI is InChI=1S/La.Li.H3P.Ti.H/h;;1H3;;/q;+1;;;-1. The summed E-state index contributed by atoms with van der Waals surface area (Å²) in [6, 6.07) is 0. The van der Waals surface area contributed by atoms with Crippen molar-refractivity contribution < 1.29 is 77.6 Å². The molecule has 0 bridgehead atoms. The van der Waals surface area contributed by atoms with Crippen LogP contribution in [0, 0.1) is 35.6 Å². The Bertz CT molecular complexity index is 11.6. The largest absolute Gasteiger partial charge is 1.00 e. The first-order valence-electron chi connectivity index (χ1n) is 0. The predicted octanol–water partition coefficient (Wildman–Crippen LogP) is -2.83. The molecule has 4 heavy (non-hydrogen) atoms. The van der Waals surface area contributed by atoms with E-state index in [4.69, 9.17) is 0 Å². The van der Waals surface area contributed by atoms with Crippen molar-refractivity contribution in [3.05, 3.63) is 0 Å². The van der Waals surface area contributed by atoms with E-state index < -0.39 is 0 Å². The van der Waals surface area contributed by atoms with Gasteiger partial charge in [0.25, 0.3) is 0 Å². The second kappa shape index (κ2) is 16.8. The Balaban J connectivity index is 0. The van der Waals surface area contributed by atoms with Crippen molar-refractivity contribution in [3.8, 4) is 0 Å². The molecule has 1 radical (unpaired) electrons. The summed E-state index contributed by atoms with van der Waals surface area (Å²) >= 11 is 0. The van der Waals surface area contributed by atoms with Crippen LogP contribution < -0.4 is 18.9 Å². The summed E-state index contributed by atoms with van der Waals surface area (Å²) in [6.45, 7) is 0. The quantitative estimate of drug-likeness (QED) is 0.310. The van der Waals surface area contributed by atoms with E-state index in [2.05, 4.69) is 0 Å². The van der Waals surface area contributed by atoms with Gasteiger partial charge >= 0.3 is 18.9 Å². The molecule has 0 saturated carbocycles. The van der Waals surface area contributed by atoms with Crippen molar-refractivity contribution in [2.45, 2.75) is 0 Å². The summed E-state index contributed by atoms with van der Waals surface area (Å²) in [5.74, 6) is 0. The van der Waals surface area contributed by atoms with Crippen LogP contribution >= 0.6 is 9.90 Å². The fourth-order valence-electron chi connectivity index (χ4n) is 0. The van der Waals surface area contributed by atoms with Gasteiger partial charge in [-0.25, -0.2) is 0 Å². The average molecular weight is 229 g/mol. The molecule has 4 heteroatoms. The van der Waals surface area contributed by atoms with Crippen molar-refractivity contribution in [3.63, 3.8) is 0 Å². The molecular weight excluding hydrogens is 225 g/mol. The smallest absolute Gasteiger partial charge is 1.00 e. The number of hydrogen-bond acceptors (Lipinski definition) is 0. The van der Waals surface area contributed by atoms with E-state index in [-0.39, 0.29) is 87.5 Å². The maximum atomic E-state index is 0. The van der Waals surface area contributed by atoms with Crippen LogP contribution in [0.5, 0.6) is 0 Å². The first-order chi connectivity index (χ1) is 0. The van der Waals surface area contributed by atoms with Gasteiger partial charge in [0.1, 0.15) is 0 Å². The van der Waals surface area contributed by atoms with Crippen LogP contribution in [0.4, 0.5) is 0 Å². The Hall–Kier alpha value is 2.94. The van der Waals surface area contributed by atoms with Crippen molar-refractivity contribution in [1.82, 2.24) is 0 Å². The van der Waals surface area contributed by atoms with Gasteiger partial charge in [0.2, 0.25) is 0 Å². The molecule has 0 aliphatic rings. The zero-order valence-corrected chi connectivity index (χ0v) is 9.39.